The molecule has 0 aliphatic carbocycles. The molecule has 4 aromatic rings. The lowest BCUT2D eigenvalue weighted by Gasteiger charge is -2.00. The summed E-state index contributed by atoms with van der Waals surface area (Å²) in [6, 6.07) is 27.1. The van der Waals surface area contributed by atoms with Gasteiger partial charge in [0.05, 0.1) is 0 Å². The van der Waals surface area contributed by atoms with Crippen molar-refractivity contribution in [1.29, 1.82) is 0 Å². The van der Waals surface area contributed by atoms with Crippen molar-refractivity contribution in [1.82, 2.24) is 0 Å². The minimum Gasteiger partial charge on any atom is -0.508 e. The number of rotatable bonds is 1. The zero-order valence-corrected chi connectivity index (χ0v) is 14.5. The van der Waals surface area contributed by atoms with Gasteiger partial charge in [0.25, 0.3) is 0 Å². The standard InChI is InChI=1S/C14H10.C6H6O2.C3H7N/c1-2-6-12-10-14-8-4-3-7-13(14)9-11(12)5-1;7-5-1-2-6(8)4-3-5;1-2-3-4/h1-10H;1-4,7-8H;2H,1,3-4H2. The zero-order chi connectivity index (χ0) is 18.8. The summed E-state index contributed by atoms with van der Waals surface area (Å²) in [4.78, 5) is 0. The Morgan fingerprint density at radius 1 is 0.654 bits per heavy atom. The van der Waals surface area contributed by atoms with E-state index in [1.807, 2.05) is 0 Å². The van der Waals surface area contributed by atoms with E-state index >= 15 is 0 Å². The number of nitrogens with two attached hydrogens (primary N) is 1. The highest BCUT2D eigenvalue weighted by molar-refractivity contribution is 5.98. The highest BCUT2D eigenvalue weighted by Gasteiger charge is 1.95. The van der Waals surface area contributed by atoms with E-state index in [1.165, 1.54) is 45.8 Å². The summed E-state index contributed by atoms with van der Waals surface area (Å²) in [5, 5.41) is 22.5. The smallest absolute Gasteiger partial charge is 0.115 e. The van der Waals surface area contributed by atoms with Crippen molar-refractivity contribution in [2.24, 2.45) is 5.73 Å². The Kier molecular flexibility index (Phi) is 7.22. The minimum absolute atomic E-state index is 0.169. The molecule has 0 bridgehead atoms. The van der Waals surface area contributed by atoms with Crippen LogP contribution in [0, 0.1) is 0 Å². The summed E-state index contributed by atoms with van der Waals surface area (Å²) in [6.45, 7) is 3.94. The molecule has 0 aliphatic rings. The highest BCUT2D eigenvalue weighted by atomic mass is 16.3. The maximum Gasteiger partial charge on any atom is 0.115 e. The molecule has 0 atom stereocenters. The normalized spacial score (nSPS) is 9.58. The SMILES string of the molecule is C=CCN.Oc1ccc(O)cc1.c1ccc2cc3ccccc3cc2c1. The lowest BCUT2D eigenvalue weighted by atomic mass is 10.0. The van der Waals surface area contributed by atoms with E-state index in [0.29, 0.717) is 6.54 Å². The molecule has 0 aromatic heterocycles. The van der Waals surface area contributed by atoms with Crippen molar-refractivity contribution in [2.45, 2.75) is 0 Å². The van der Waals surface area contributed by atoms with Gasteiger partial charge in [-0.05, 0) is 57.9 Å². The largest absolute Gasteiger partial charge is 0.508 e. The van der Waals surface area contributed by atoms with Gasteiger partial charge < -0.3 is 15.9 Å². The van der Waals surface area contributed by atoms with E-state index in [0.717, 1.165) is 0 Å². The van der Waals surface area contributed by atoms with Crippen molar-refractivity contribution in [3.63, 3.8) is 0 Å². The van der Waals surface area contributed by atoms with Crippen molar-refractivity contribution in [3.05, 3.63) is 97.6 Å². The van der Waals surface area contributed by atoms with Crippen LogP contribution in [-0.4, -0.2) is 16.8 Å². The Morgan fingerprint density at radius 3 is 1.15 bits per heavy atom. The Morgan fingerprint density at radius 2 is 0.923 bits per heavy atom. The zero-order valence-electron chi connectivity index (χ0n) is 14.5. The van der Waals surface area contributed by atoms with E-state index in [-0.39, 0.29) is 11.5 Å². The van der Waals surface area contributed by atoms with Crippen molar-refractivity contribution in [2.75, 3.05) is 6.54 Å². The Hall–Kier alpha value is -3.30. The molecule has 3 nitrogen and oxygen atoms in total. The first-order chi connectivity index (χ1) is 12.6. The first-order valence-electron chi connectivity index (χ1n) is 8.30. The number of phenols is 2. The van der Waals surface area contributed by atoms with Gasteiger partial charge in [0.15, 0.2) is 0 Å². The molecule has 0 amide bonds. The third-order valence-corrected chi connectivity index (χ3v) is 3.63. The summed E-state index contributed by atoms with van der Waals surface area (Å²) in [6.07, 6.45) is 1.65. The second kappa shape index (κ2) is 9.87. The van der Waals surface area contributed by atoms with Crippen LogP contribution in [0.25, 0.3) is 21.5 Å². The van der Waals surface area contributed by atoms with Gasteiger partial charge in [-0.3, -0.25) is 0 Å². The summed E-state index contributed by atoms with van der Waals surface area (Å²) < 4.78 is 0. The molecule has 132 valence electrons. The fourth-order valence-electron chi connectivity index (χ4n) is 2.34. The van der Waals surface area contributed by atoms with Crippen molar-refractivity contribution >= 4 is 21.5 Å². The molecule has 4 N–H and O–H groups in total. The molecule has 0 saturated heterocycles. The van der Waals surface area contributed by atoms with Crippen LogP contribution >= 0.6 is 0 Å². The Bertz CT molecular complexity index is 836. The topological polar surface area (TPSA) is 66.5 Å². The van der Waals surface area contributed by atoms with Crippen molar-refractivity contribution in [3.8, 4) is 11.5 Å². The number of fused-ring (bicyclic) bond motifs is 2. The first-order valence-corrected chi connectivity index (χ1v) is 8.30. The van der Waals surface area contributed by atoms with Gasteiger partial charge in [-0.15, -0.1) is 6.58 Å². The molecule has 3 heteroatoms. The average molecular weight is 345 g/mol. The second-order valence-electron chi connectivity index (χ2n) is 5.59. The van der Waals surface area contributed by atoms with Crippen LogP contribution in [0.5, 0.6) is 11.5 Å². The fraction of sp³-hybridized carbons (Fsp3) is 0.0435. The summed E-state index contributed by atoms with van der Waals surface area (Å²) in [7, 11) is 0. The molecule has 26 heavy (non-hydrogen) atoms. The molecule has 0 saturated carbocycles. The molecule has 0 heterocycles. The van der Waals surface area contributed by atoms with Crippen LogP contribution in [0.1, 0.15) is 0 Å². The predicted octanol–water partition coefficient (Wildman–Crippen LogP) is 5.22. The van der Waals surface area contributed by atoms with E-state index in [1.54, 1.807) is 6.08 Å². The first kappa shape index (κ1) is 19.0. The quantitative estimate of drug-likeness (QED) is 0.252. The molecule has 0 spiro atoms. The van der Waals surface area contributed by atoms with Gasteiger partial charge in [-0.2, -0.15) is 0 Å². The number of aromatic hydroxyl groups is 2. The van der Waals surface area contributed by atoms with Crippen LogP contribution in [0.4, 0.5) is 0 Å². The highest BCUT2D eigenvalue weighted by Crippen LogP contribution is 2.22. The Labute approximate surface area is 153 Å². The second-order valence-corrected chi connectivity index (χ2v) is 5.59. The number of hydrogen-bond donors (Lipinski definition) is 3. The Balaban J connectivity index is 0.000000172. The molecular formula is C23H23NO2. The number of hydrogen-bond acceptors (Lipinski definition) is 3. The van der Waals surface area contributed by atoms with Gasteiger partial charge in [0.2, 0.25) is 0 Å². The lowest BCUT2D eigenvalue weighted by Crippen LogP contribution is -1.90. The van der Waals surface area contributed by atoms with Crippen LogP contribution in [0.15, 0.2) is 97.6 Å². The van der Waals surface area contributed by atoms with Gasteiger partial charge in [0.1, 0.15) is 11.5 Å². The minimum atomic E-state index is 0.169. The van der Waals surface area contributed by atoms with Gasteiger partial charge >= 0.3 is 0 Å². The van der Waals surface area contributed by atoms with Crippen molar-refractivity contribution < 1.29 is 10.2 Å². The molecule has 0 radical (unpaired) electrons. The van der Waals surface area contributed by atoms with E-state index in [4.69, 9.17) is 15.9 Å². The predicted molar refractivity (Wildman–Crippen MR) is 110 cm³/mol. The average Bonchev–Trinajstić information content (AvgIpc) is 2.69. The molecule has 4 rings (SSSR count). The summed E-state index contributed by atoms with van der Waals surface area (Å²) in [5.74, 6) is 0.339. The van der Waals surface area contributed by atoms with E-state index in [9.17, 15) is 0 Å². The third kappa shape index (κ3) is 5.65. The fourth-order valence-corrected chi connectivity index (χ4v) is 2.34. The van der Waals surface area contributed by atoms with Crippen LogP contribution in [0.3, 0.4) is 0 Å². The molecule has 0 aliphatic heterocycles. The maximum atomic E-state index is 8.65. The van der Waals surface area contributed by atoms with Crippen LogP contribution in [0.2, 0.25) is 0 Å². The lowest BCUT2D eigenvalue weighted by molar-refractivity contribution is 0.460. The molecule has 0 fully saturated rings. The molecular weight excluding hydrogens is 322 g/mol. The van der Waals surface area contributed by atoms with Gasteiger partial charge in [0, 0.05) is 6.54 Å². The van der Waals surface area contributed by atoms with E-state index < -0.39 is 0 Å². The van der Waals surface area contributed by atoms with Gasteiger partial charge in [-0.25, -0.2) is 0 Å². The number of phenolic OH excluding ortho intramolecular Hbond substituents is 2. The van der Waals surface area contributed by atoms with Gasteiger partial charge in [-0.1, -0.05) is 54.6 Å². The molecule has 4 aromatic carbocycles. The maximum absolute atomic E-state index is 8.65. The summed E-state index contributed by atoms with van der Waals surface area (Å²) >= 11 is 0. The number of benzene rings is 4. The van der Waals surface area contributed by atoms with Crippen LogP contribution in [-0.2, 0) is 0 Å². The molecule has 0 unspecified atom stereocenters. The monoisotopic (exact) mass is 345 g/mol. The van der Waals surface area contributed by atoms with E-state index in [2.05, 4.69) is 67.2 Å². The third-order valence-electron chi connectivity index (χ3n) is 3.63. The summed E-state index contributed by atoms with van der Waals surface area (Å²) in [5.41, 5.74) is 4.91. The van der Waals surface area contributed by atoms with Crippen LogP contribution < -0.4 is 5.73 Å².